The maximum absolute atomic E-state index is 13.0. The van der Waals surface area contributed by atoms with E-state index in [0.717, 1.165) is 0 Å². The number of carbonyl (C=O) groups is 3. The van der Waals surface area contributed by atoms with Crippen molar-refractivity contribution in [2.45, 2.75) is 6.42 Å². The zero-order chi connectivity index (χ0) is 17.5. The van der Waals surface area contributed by atoms with Crippen LogP contribution in [0.2, 0.25) is 0 Å². The van der Waals surface area contributed by atoms with Gasteiger partial charge in [-0.2, -0.15) is 0 Å². The number of halogens is 2. The van der Waals surface area contributed by atoms with E-state index in [9.17, 15) is 18.8 Å². The Kier molecular flexibility index (Phi) is 6.07. The minimum Gasteiger partial charge on any atom is -0.356 e. The van der Waals surface area contributed by atoms with Crippen molar-refractivity contribution in [2.75, 3.05) is 6.54 Å². The minimum absolute atomic E-state index is 0.0477. The van der Waals surface area contributed by atoms with Crippen LogP contribution in [-0.2, 0) is 16.0 Å². The first kappa shape index (κ1) is 17.7. The van der Waals surface area contributed by atoms with E-state index in [1.165, 1.54) is 18.2 Å². The first-order valence-electron chi connectivity index (χ1n) is 6.88. The lowest BCUT2D eigenvalue weighted by molar-refractivity contribution is -0.126. The standard InChI is InChI=1S/C15H14BrFN4O3/c16-10-6-12(18-7-10)15(24)21-20-14(23)8-19-13(22)5-9-2-1-3-11(17)4-9/h1-4,6-7,18H,5,8H2,(H,19,22)(H,20,23)(H,21,24). The fourth-order valence-corrected chi connectivity index (χ4v) is 2.15. The SMILES string of the molecule is O=C(Cc1cccc(F)c1)NCC(=O)NNC(=O)c1cc(Br)c[nH]1. The van der Waals surface area contributed by atoms with Crippen LogP contribution in [0.1, 0.15) is 16.1 Å². The summed E-state index contributed by atoms with van der Waals surface area (Å²) in [6.07, 6.45) is 1.53. The van der Waals surface area contributed by atoms with Gasteiger partial charge in [0.1, 0.15) is 11.5 Å². The average molecular weight is 397 g/mol. The van der Waals surface area contributed by atoms with E-state index in [0.29, 0.717) is 10.0 Å². The highest BCUT2D eigenvalue weighted by Crippen LogP contribution is 2.09. The van der Waals surface area contributed by atoms with Crippen LogP contribution >= 0.6 is 15.9 Å². The van der Waals surface area contributed by atoms with Crippen molar-refractivity contribution in [3.63, 3.8) is 0 Å². The molecule has 2 aromatic rings. The molecule has 0 aliphatic heterocycles. The molecule has 9 heteroatoms. The Morgan fingerprint density at radius 3 is 2.58 bits per heavy atom. The second-order valence-electron chi connectivity index (χ2n) is 4.82. The third-order valence-corrected chi connectivity index (χ3v) is 3.37. The van der Waals surface area contributed by atoms with E-state index in [-0.39, 0.29) is 18.7 Å². The summed E-state index contributed by atoms with van der Waals surface area (Å²) in [6, 6.07) is 7.17. The quantitative estimate of drug-likeness (QED) is 0.567. The molecule has 1 heterocycles. The van der Waals surface area contributed by atoms with Crippen molar-refractivity contribution in [1.82, 2.24) is 21.2 Å². The number of carbonyl (C=O) groups excluding carboxylic acids is 3. The third-order valence-electron chi connectivity index (χ3n) is 2.91. The van der Waals surface area contributed by atoms with Crippen LogP contribution in [0.3, 0.4) is 0 Å². The van der Waals surface area contributed by atoms with Gasteiger partial charge in [-0.05, 0) is 39.7 Å². The van der Waals surface area contributed by atoms with Gasteiger partial charge in [0.25, 0.3) is 11.8 Å². The third kappa shape index (κ3) is 5.51. The Morgan fingerprint density at radius 1 is 1.12 bits per heavy atom. The fraction of sp³-hybridized carbons (Fsp3) is 0.133. The number of rotatable bonds is 5. The Bertz CT molecular complexity index is 763. The molecule has 0 fully saturated rings. The second kappa shape index (κ2) is 8.25. The first-order valence-corrected chi connectivity index (χ1v) is 7.67. The molecule has 0 atom stereocenters. The van der Waals surface area contributed by atoms with Gasteiger partial charge in [-0.1, -0.05) is 12.1 Å². The Labute approximate surface area is 145 Å². The number of H-pyrrole nitrogens is 1. The Hall–Kier alpha value is -2.68. The molecule has 24 heavy (non-hydrogen) atoms. The van der Waals surface area contributed by atoms with Crippen LogP contribution < -0.4 is 16.2 Å². The number of aromatic nitrogens is 1. The molecule has 7 nitrogen and oxygen atoms in total. The van der Waals surface area contributed by atoms with Gasteiger partial charge in [-0.25, -0.2) is 4.39 Å². The molecule has 0 bridgehead atoms. The van der Waals surface area contributed by atoms with Crippen LogP contribution in [0.4, 0.5) is 4.39 Å². The molecule has 0 radical (unpaired) electrons. The molecular formula is C15H14BrFN4O3. The van der Waals surface area contributed by atoms with E-state index in [2.05, 4.69) is 37.1 Å². The maximum atomic E-state index is 13.0. The highest BCUT2D eigenvalue weighted by molar-refractivity contribution is 9.10. The number of hydrazine groups is 1. The van der Waals surface area contributed by atoms with E-state index in [1.807, 2.05) is 0 Å². The van der Waals surface area contributed by atoms with Gasteiger partial charge in [-0.15, -0.1) is 0 Å². The highest BCUT2D eigenvalue weighted by Gasteiger charge is 2.10. The van der Waals surface area contributed by atoms with Gasteiger partial charge in [0, 0.05) is 10.7 Å². The number of aromatic amines is 1. The summed E-state index contributed by atoms with van der Waals surface area (Å²) < 4.78 is 13.7. The van der Waals surface area contributed by atoms with Gasteiger partial charge >= 0.3 is 0 Å². The Morgan fingerprint density at radius 2 is 1.92 bits per heavy atom. The summed E-state index contributed by atoms with van der Waals surface area (Å²) in [5, 5.41) is 2.38. The molecular weight excluding hydrogens is 383 g/mol. The molecule has 0 saturated carbocycles. The number of hydrogen-bond acceptors (Lipinski definition) is 3. The van der Waals surface area contributed by atoms with Crippen LogP contribution in [0, 0.1) is 5.82 Å². The normalized spacial score (nSPS) is 10.1. The van der Waals surface area contributed by atoms with Crippen molar-refractivity contribution < 1.29 is 18.8 Å². The van der Waals surface area contributed by atoms with Gasteiger partial charge in [0.05, 0.1) is 13.0 Å². The second-order valence-corrected chi connectivity index (χ2v) is 5.73. The van der Waals surface area contributed by atoms with Gasteiger partial charge in [0.15, 0.2) is 0 Å². The van der Waals surface area contributed by atoms with E-state index >= 15 is 0 Å². The van der Waals surface area contributed by atoms with Crippen molar-refractivity contribution >= 4 is 33.7 Å². The lowest BCUT2D eigenvalue weighted by Crippen LogP contribution is -2.46. The number of nitrogens with one attached hydrogen (secondary N) is 4. The fourth-order valence-electron chi connectivity index (χ4n) is 1.81. The summed E-state index contributed by atoms with van der Waals surface area (Å²) in [5.74, 6) is -1.99. The summed E-state index contributed by atoms with van der Waals surface area (Å²) >= 11 is 3.18. The van der Waals surface area contributed by atoms with Gasteiger partial charge < -0.3 is 10.3 Å². The predicted octanol–water partition coefficient (Wildman–Crippen LogP) is 1.04. The number of benzene rings is 1. The molecule has 0 unspecified atom stereocenters. The van der Waals surface area contributed by atoms with Crippen LogP contribution in [0.5, 0.6) is 0 Å². The largest absolute Gasteiger partial charge is 0.356 e. The van der Waals surface area contributed by atoms with Crippen molar-refractivity contribution in [2.24, 2.45) is 0 Å². The molecule has 126 valence electrons. The van der Waals surface area contributed by atoms with Crippen LogP contribution in [-0.4, -0.2) is 29.3 Å². The molecule has 0 spiro atoms. The average Bonchev–Trinajstić information content (AvgIpc) is 2.97. The smallest absolute Gasteiger partial charge is 0.286 e. The lowest BCUT2D eigenvalue weighted by Gasteiger charge is -2.08. The Balaban J connectivity index is 1.71. The molecule has 2 rings (SSSR count). The molecule has 3 amide bonds. The summed E-state index contributed by atoms with van der Waals surface area (Å²) in [6.45, 7) is -0.317. The van der Waals surface area contributed by atoms with Crippen molar-refractivity contribution in [3.05, 3.63) is 58.1 Å². The molecule has 0 saturated heterocycles. The van der Waals surface area contributed by atoms with Gasteiger partial charge in [0.2, 0.25) is 5.91 Å². The van der Waals surface area contributed by atoms with Crippen molar-refractivity contribution in [3.8, 4) is 0 Å². The van der Waals surface area contributed by atoms with Crippen molar-refractivity contribution in [1.29, 1.82) is 0 Å². The molecule has 0 aliphatic rings. The molecule has 4 N–H and O–H groups in total. The zero-order valence-corrected chi connectivity index (χ0v) is 13.9. The monoisotopic (exact) mass is 396 g/mol. The predicted molar refractivity (Wildman–Crippen MR) is 87.2 cm³/mol. The van der Waals surface area contributed by atoms with E-state index in [4.69, 9.17) is 0 Å². The van der Waals surface area contributed by atoms with Crippen LogP contribution in [0.15, 0.2) is 41.0 Å². The van der Waals surface area contributed by atoms with E-state index < -0.39 is 23.5 Å². The first-order chi connectivity index (χ1) is 11.4. The topological polar surface area (TPSA) is 103 Å². The van der Waals surface area contributed by atoms with E-state index in [1.54, 1.807) is 18.3 Å². The number of hydrogen-bond donors (Lipinski definition) is 4. The summed E-state index contributed by atoms with van der Waals surface area (Å²) in [5.41, 5.74) is 5.13. The maximum Gasteiger partial charge on any atom is 0.286 e. The highest BCUT2D eigenvalue weighted by atomic mass is 79.9. The zero-order valence-electron chi connectivity index (χ0n) is 12.4. The molecule has 1 aromatic heterocycles. The summed E-state index contributed by atoms with van der Waals surface area (Å²) in [7, 11) is 0. The van der Waals surface area contributed by atoms with Crippen LogP contribution in [0.25, 0.3) is 0 Å². The molecule has 0 aliphatic carbocycles. The molecule has 1 aromatic carbocycles. The number of amides is 3. The summed E-state index contributed by atoms with van der Waals surface area (Å²) in [4.78, 5) is 37.6. The minimum atomic E-state index is -0.596. The lowest BCUT2D eigenvalue weighted by atomic mass is 10.1. The van der Waals surface area contributed by atoms with Gasteiger partial charge in [-0.3, -0.25) is 25.2 Å².